The Morgan fingerprint density at radius 2 is 2.36 bits per heavy atom. The molecule has 0 aromatic heterocycles. The van der Waals surface area contributed by atoms with Gasteiger partial charge in [0.2, 0.25) is 0 Å². The van der Waals surface area contributed by atoms with Gasteiger partial charge in [-0.15, -0.1) is 0 Å². The Bertz CT molecular complexity index is 194. The molecule has 0 aliphatic heterocycles. The van der Waals surface area contributed by atoms with Crippen molar-refractivity contribution in [1.82, 2.24) is 0 Å². The Hall–Kier alpha value is 0.305. The summed E-state index contributed by atoms with van der Waals surface area (Å²) in [4.78, 5) is 9.95. The summed E-state index contributed by atoms with van der Waals surface area (Å²) in [6.07, 6.45) is 0.870. The summed E-state index contributed by atoms with van der Waals surface area (Å²) in [6, 6.07) is 1.41. The molecule has 0 N–H and O–H groups in total. The van der Waals surface area contributed by atoms with E-state index in [1.165, 1.54) is 6.07 Å². The topological polar surface area (TPSA) is 73.1 Å². The van der Waals surface area contributed by atoms with Gasteiger partial charge in [0.05, 0.1) is 12.6 Å². The zero-order valence-corrected chi connectivity index (χ0v) is 11.4. The molecule has 0 saturated carbocycles. The number of aliphatic carboxylic acids is 1. The van der Waals surface area contributed by atoms with Gasteiger partial charge in [-0.2, -0.15) is 5.26 Å². The number of carbonyl (C=O) groups excluding carboxylic acids is 1. The van der Waals surface area contributed by atoms with Crippen molar-refractivity contribution in [3.05, 3.63) is 11.8 Å². The van der Waals surface area contributed by atoms with Crippen molar-refractivity contribution in [2.75, 3.05) is 6.61 Å². The minimum Gasteiger partial charge on any atom is -0.544 e. The van der Waals surface area contributed by atoms with Crippen LogP contribution in [0.25, 0.3) is 0 Å². The Morgan fingerprint density at radius 1 is 1.82 bits per heavy atom. The van der Waals surface area contributed by atoms with E-state index >= 15 is 0 Å². The number of hydrogen-bond acceptors (Lipinski definition) is 4. The van der Waals surface area contributed by atoms with E-state index in [0.29, 0.717) is 6.61 Å². The molecule has 0 amide bonds. The fraction of sp³-hybridized carbons (Fsp3) is 0.333. The maximum Gasteiger partial charge on any atom is 1.00 e. The molecule has 5 heteroatoms. The third-order valence-electron chi connectivity index (χ3n) is 0.708. The first-order valence-electron chi connectivity index (χ1n) is 2.65. The largest absolute Gasteiger partial charge is 1.00 e. The average molecular weight is 226 g/mol. The van der Waals surface area contributed by atoms with Crippen molar-refractivity contribution in [2.24, 2.45) is 0 Å². The third-order valence-corrected chi connectivity index (χ3v) is 0.708. The van der Waals surface area contributed by atoms with E-state index in [1.54, 1.807) is 6.92 Å². The van der Waals surface area contributed by atoms with Crippen LogP contribution in [0.15, 0.2) is 11.8 Å². The van der Waals surface area contributed by atoms with Crippen molar-refractivity contribution in [3.8, 4) is 6.07 Å². The molecule has 0 saturated heterocycles. The second-order valence-electron chi connectivity index (χ2n) is 1.39. The van der Waals surface area contributed by atoms with Crippen LogP contribution in [-0.4, -0.2) is 12.6 Å². The summed E-state index contributed by atoms with van der Waals surface area (Å²) in [5, 5.41) is 18.1. The summed E-state index contributed by atoms with van der Waals surface area (Å²) in [5.74, 6) is -1.52. The van der Waals surface area contributed by atoms with Gasteiger partial charge < -0.3 is 14.6 Å². The number of nitrogens with zero attached hydrogens (tertiary/aromatic N) is 1. The second kappa shape index (κ2) is 8.40. The minimum atomic E-state index is -1.52. The number of rotatable bonds is 3. The van der Waals surface area contributed by atoms with Crippen LogP contribution in [0.1, 0.15) is 6.92 Å². The maximum atomic E-state index is 9.95. The molecule has 0 atom stereocenters. The molecular weight excluding hydrogens is 220 g/mol. The summed E-state index contributed by atoms with van der Waals surface area (Å²) < 4.78 is 4.54. The quantitative estimate of drug-likeness (QED) is 0.280. The molecule has 0 spiro atoms. The number of carbonyl (C=O) groups is 1. The number of hydrogen-bond donors (Lipinski definition) is 0. The average Bonchev–Trinajstić information content (AvgIpc) is 1.89. The molecule has 11 heavy (non-hydrogen) atoms. The van der Waals surface area contributed by atoms with Gasteiger partial charge in [-0.1, -0.05) is 0 Å². The van der Waals surface area contributed by atoms with Gasteiger partial charge in [0.25, 0.3) is 0 Å². The fourth-order valence-corrected chi connectivity index (χ4v) is 0.287. The standard InChI is InChI=1S/C6H7NO3.Rb/c1-2-10-4-5(3-7)6(8)9;/h4H,2H2,1H3,(H,8,9);/q;+1/p-1/b5-4+;. The van der Waals surface area contributed by atoms with E-state index in [9.17, 15) is 9.90 Å². The molecule has 0 aromatic carbocycles. The summed E-state index contributed by atoms with van der Waals surface area (Å²) >= 11 is 0. The van der Waals surface area contributed by atoms with Crippen molar-refractivity contribution in [3.63, 3.8) is 0 Å². The first-order valence-corrected chi connectivity index (χ1v) is 2.65. The van der Waals surface area contributed by atoms with Crippen LogP contribution in [0.3, 0.4) is 0 Å². The zero-order chi connectivity index (χ0) is 7.98. The minimum absolute atomic E-state index is 0. The van der Waals surface area contributed by atoms with E-state index in [1.807, 2.05) is 0 Å². The van der Waals surface area contributed by atoms with Gasteiger partial charge >= 0.3 is 58.2 Å². The van der Waals surface area contributed by atoms with Gasteiger partial charge in [0.15, 0.2) is 0 Å². The van der Waals surface area contributed by atoms with Crippen LogP contribution in [0.5, 0.6) is 0 Å². The predicted molar refractivity (Wildman–Crippen MR) is 30.3 cm³/mol. The Balaban J connectivity index is 0. The van der Waals surface area contributed by atoms with Gasteiger partial charge in [0.1, 0.15) is 17.9 Å². The SMILES string of the molecule is CCO/C=C(\C#N)C(=O)[O-].[Rb+]. The van der Waals surface area contributed by atoms with E-state index < -0.39 is 11.5 Å². The zero-order valence-electron chi connectivity index (χ0n) is 6.46. The molecule has 0 unspecified atom stereocenters. The van der Waals surface area contributed by atoms with E-state index in [0.717, 1.165) is 6.26 Å². The monoisotopic (exact) mass is 225 g/mol. The first-order chi connectivity index (χ1) is 4.72. The van der Waals surface area contributed by atoms with Gasteiger partial charge in [-0.25, -0.2) is 0 Å². The van der Waals surface area contributed by atoms with E-state index in [4.69, 9.17) is 5.26 Å². The summed E-state index contributed by atoms with van der Waals surface area (Å²) in [5.41, 5.74) is -0.498. The second-order valence-corrected chi connectivity index (χ2v) is 1.39. The Kier molecular flexibility index (Phi) is 10.6. The molecule has 0 aromatic rings. The number of carboxylic acids is 1. The first kappa shape index (κ1) is 13.9. The van der Waals surface area contributed by atoms with Crippen LogP contribution in [0.2, 0.25) is 0 Å². The van der Waals surface area contributed by atoms with Crippen LogP contribution in [0.4, 0.5) is 0 Å². The van der Waals surface area contributed by atoms with Crippen LogP contribution >= 0.6 is 0 Å². The molecule has 0 rings (SSSR count). The van der Waals surface area contributed by atoms with Crippen LogP contribution < -0.4 is 63.3 Å². The molecule has 0 bridgehead atoms. The summed E-state index contributed by atoms with van der Waals surface area (Å²) in [6.45, 7) is 2.01. The normalized spacial score (nSPS) is 9.27. The van der Waals surface area contributed by atoms with E-state index in [-0.39, 0.29) is 58.2 Å². The van der Waals surface area contributed by atoms with E-state index in [2.05, 4.69) is 4.74 Å². The molecular formula is C6H6NO3Rb. The number of nitriles is 1. The smallest absolute Gasteiger partial charge is 0.544 e. The number of carboxylic acid groups (broad SMARTS) is 1. The van der Waals surface area contributed by atoms with Crippen molar-refractivity contribution in [1.29, 1.82) is 5.26 Å². The predicted octanol–water partition coefficient (Wildman–Crippen LogP) is -3.82. The molecule has 0 aliphatic rings. The van der Waals surface area contributed by atoms with Crippen LogP contribution in [0, 0.1) is 11.3 Å². The molecule has 4 nitrogen and oxygen atoms in total. The van der Waals surface area contributed by atoms with Crippen LogP contribution in [-0.2, 0) is 9.53 Å². The Labute approximate surface area is 114 Å². The maximum absolute atomic E-state index is 9.95. The van der Waals surface area contributed by atoms with Gasteiger partial charge in [0, 0.05) is 0 Å². The molecule has 54 valence electrons. The Morgan fingerprint density at radius 3 is 2.64 bits per heavy atom. The van der Waals surface area contributed by atoms with Crippen molar-refractivity contribution >= 4 is 5.97 Å². The van der Waals surface area contributed by atoms with Crippen molar-refractivity contribution in [2.45, 2.75) is 6.92 Å². The fourth-order valence-electron chi connectivity index (χ4n) is 0.287. The third kappa shape index (κ3) is 6.69. The molecule has 0 fully saturated rings. The number of ether oxygens (including phenoxy) is 1. The molecule has 0 heterocycles. The summed E-state index contributed by atoms with van der Waals surface area (Å²) in [7, 11) is 0. The molecule has 0 aliphatic carbocycles. The van der Waals surface area contributed by atoms with Gasteiger partial charge in [-0.05, 0) is 6.92 Å². The van der Waals surface area contributed by atoms with Gasteiger partial charge in [-0.3, -0.25) is 0 Å². The van der Waals surface area contributed by atoms with Crippen molar-refractivity contribution < 1.29 is 72.8 Å². The molecule has 0 radical (unpaired) electrons.